The average Bonchev–Trinajstić information content (AvgIpc) is 2.35. The van der Waals surface area contributed by atoms with Crippen LogP contribution >= 0.6 is 0 Å². The first-order chi connectivity index (χ1) is 4.38. The zero-order valence-corrected chi connectivity index (χ0v) is 4.79. The Morgan fingerprint density at radius 2 is 2.44 bits per heavy atom. The van der Waals surface area contributed by atoms with Crippen molar-refractivity contribution in [1.82, 2.24) is 5.32 Å². The summed E-state index contributed by atoms with van der Waals surface area (Å²) in [5.74, 6) is -0.0440. The van der Waals surface area contributed by atoms with Crippen molar-refractivity contribution >= 4 is 5.91 Å². The Labute approximate surface area is 52.1 Å². The van der Waals surface area contributed by atoms with Crippen LogP contribution in [0.25, 0.3) is 0 Å². The van der Waals surface area contributed by atoms with Gasteiger partial charge in [0.15, 0.2) is 6.10 Å². The largest absolute Gasteiger partial charge is 0.351 e. The molecule has 0 aromatic carbocycles. The van der Waals surface area contributed by atoms with Gasteiger partial charge in [-0.15, -0.1) is 0 Å². The molecule has 0 aromatic heterocycles. The van der Waals surface area contributed by atoms with Crippen molar-refractivity contribution in [2.24, 2.45) is 0 Å². The Hall–Kier alpha value is -0.610. The van der Waals surface area contributed by atoms with E-state index >= 15 is 0 Å². The zero-order chi connectivity index (χ0) is 6.27. The number of hydrogen-bond donors (Lipinski definition) is 1. The standard InChI is InChI=1S/C5H7NO3/c7-5-4-3(1-6-5)8-2-9-4/h3-4H,1-2H2,(H,6,7)/t3-,4-/m1/s1. The van der Waals surface area contributed by atoms with Crippen LogP contribution < -0.4 is 5.32 Å². The van der Waals surface area contributed by atoms with E-state index in [-0.39, 0.29) is 24.9 Å². The monoisotopic (exact) mass is 129 g/mol. The van der Waals surface area contributed by atoms with Gasteiger partial charge in [-0.3, -0.25) is 4.79 Å². The molecule has 9 heavy (non-hydrogen) atoms. The second-order valence-electron chi connectivity index (χ2n) is 2.16. The molecule has 0 aromatic rings. The Morgan fingerprint density at radius 3 is 3.22 bits per heavy atom. The number of hydrogen-bond acceptors (Lipinski definition) is 3. The lowest BCUT2D eigenvalue weighted by molar-refractivity contribution is -0.127. The number of carbonyl (C=O) groups excluding carboxylic acids is 1. The number of ether oxygens (including phenoxy) is 2. The summed E-state index contributed by atoms with van der Waals surface area (Å²) in [6.07, 6.45) is -0.359. The predicted octanol–water partition coefficient (Wildman–Crippen LogP) is -1.14. The van der Waals surface area contributed by atoms with Crippen molar-refractivity contribution in [2.45, 2.75) is 12.2 Å². The van der Waals surface area contributed by atoms with Gasteiger partial charge in [0.05, 0.1) is 0 Å². The number of amides is 1. The minimum atomic E-state index is -0.329. The van der Waals surface area contributed by atoms with Crippen LogP contribution in [0.3, 0.4) is 0 Å². The van der Waals surface area contributed by atoms with Gasteiger partial charge in [-0.05, 0) is 0 Å². The summed E-state index contributed by atoms with van der Waals surface area (Å²) in [5.41, 5.74) is 0. The van der Waals surface area contributed by atoms with E-state index < -0.39 is 0 Å². The zero-order valence-electron chi connectivity index (χ0n) is 4.79. The molecule has 1 amide bonds. The first kappa shape index (κ1) is 5.20. The fourth-order valence-electron chi connectivity index (χ4n) is 1.11. The highest BCUT2D eigenvalue weighted by Gasteiger charge is 2.40. The van der Waals surface area contributed by atoms with Crippen molar-refractivity contribution < 1.29 is 14.3 Å². The normalized spacial score (nSPS) is 40.7. The molecule has 0 aliphatic carbocycles. The van der Waals surface area contributed by atoms with Crippen LogP contribution in [-0.2, 0) is 14.3 Å². The molecule has 0 bridgehead atoms. The summed E-state index contributed by atoms with van der Waals surface area (Å²) < 4.78 is 10.00. The third-order valence-electron chi connectivity index (χ3n) is 1.60. The molecule has 2 aliphatic heterocycles. The van der Waals surface area contributed by atoms with Crippen LogP contribution in [0.5, 0.6) is 0 Å². The highest BCUT2D eigenvalue weighted by molar-refractivity contribution is 5.84. The fraction of sp³-hybridized carbons (Fsp3) is 0.800. The van der Waals surface area contributed by atoms with Crippen LogP contribution in [0.4, 0.5) is 0 Å². The summed E-state index contributed by atoms with van der Waals surface area (Å²) in [6, 6.07) is 0. The molecule has 2 heterocycles. The van der Waals surface area contributed by atoms with E-state index in [0.29, 0.717) is 6.54 Å². The summed E-state index contributed by atoms with van der Waals surface area (Å²) >= 11 is 0. The molecule has 0 spiro atoms. The van der Waals surface area contributed by atoms with Crippen LogP contribution in [-0.4, -0.2) is 31.5 Å². The third-order valence-corrected chi connectivity index (χ3v) is 1.60. The summed E-state index contributed by atoms with van der Waals surface area (Å²) in [6.45, 7) is 0.867. The topological polar surface area (TPSA) is 47.6 Å². The van der Waals surface area contributed by atoms with Crippen LogP contribution in [0.1, 0.15) is 0 Å². The number of fused-ring (bicyclic) bond motifs is 1. The Bertz CT molecular complexity index is 147. The molecule has 2 rings (SSSR count). The maximum absolute atomic E-state index is 10.7. The average molecular weight is 129 g/mol. The number of carbonyl (C=O) groups is 1. The van der Waals surface area contributed by atoms with Gasteiger partial charge >= 0.3 is 0 Å². The van der Waals surface area contributed by atoms with Crippen molar-refractivity contribution in [3.8, 4) is 0 Å². The SMILES string of the molecule is O=C1NC[C@H]2OCO[C@@H]12. The second kappa shape index (κ2) is 1.68. The van der Waals surface area contributed by atoms with E-state index in [9.17, 15) is 4.79 Å². The lowest BCUT2D eigenvalue weighted by atomic mass is 10.3. The van der Waals surface area contributed by atoms with Crippen molar-refractivity contribution in [3.63, 3.8) is 0 Å². The highest BCUT2D eigenvalue weighted by Crippen LogP contribution is 2.16. The molecule has 1 N–H and O–H groups in total. The molecule has 0 unspecified atom stereocenters. The van der Waals surface area contributed by atoms with Crippen LogP contribution in [0.2, 0.25) is 0 Å². The van der Waals surface area contributed by atoms with Gasteiger partial charge in [0.2, 0.25) is 0 Å². The molecule has 0 radical (unpaired) electrons. The van der Waals surface area contributed by atoms with Crippen molar-refractivity contribution in [3.05, 3.63) is 0 Å². The first-order valence-corrected chi connectivity index (χ1v) is 2.89. The first-order valence-electron chi connectivity index (χ1n) is 2.89. The number of rotatable bonds is 0. The molecule has 4 heteroatoms. The van der Waals surface area contributed by atoms with Gasteiger partial charge in [-0.25, -0.2) is 0 Å². The molecule has 2 fully saturated rings. The fourth-order valence-corrected chi connectivity index (χ4v) is 1.11. The van der Waals surface area contributed by atoms with E-state index in [4.69, 9.17) is 9.47 Å². The van der Waals surface area contributed by atoms with Crippen LogP contribution in [0, 0.1) is 0 Å². The minimum absolute atomic E-state index is 0.0301. The molecule has 2 saturated heterocycles. The van der Waals surface area contributed by atoms with E-state index in [2.05, 4.69) is 5.32 Å². The predicted molar refractivity (Wildman–Crippen MR) is 27.6 cm³/mol. The van der Waals surface area contributed by atoms with Gasteiger partial charge in [0.1, 0.15) is 12.9 Å². The second-order valence-corrected chi connectivity index (χ2v) is 2.16. The molecule has 50 valence electrons. The molecule has 2 atom stereocenters. The van der Waals surface area contributed by atoms with Crippen LogP contribution in [0.15, 0.2) is 0 Å². The molecule has 4 nitrogen and oxygen atoms in total. The summed E-state index contributed by atoms with van der Waals surface area (Å²) in [7, 11) is 0. The molecular formula is C5H7NO3. The molecular weight excluding hydrogens is 122 g/mol. The lowest BCUT2D eigenvalue weighted by Gasteiger charge is -1.98. The summed E-state index contributed by atoms with van der Waals surface area (Å²) in [4.78, 5) is 10.7. The quantitative estimate of drug-likeness (QED) is 0.449. The van der Waals surface area contributed by atoms with Gasteiger partial charge in [-0.2, -0.15) is 0 Å². The van der Waals surface area contributed by atoms with E-state index in [1.54, 1.807) is 0 Å². The molecule has 2 aliphatic rings. The van der Waals surface area contributed by atoms with Gasteiger partial charge in [0.25, 0.3) is 5.91 Å². The molecule has 0 saturated carbocycles. The smallest absolute Gasteiger partial charge is 0.252 e. The van der Waals surface area contributed by atoms with E-state index in [0.717, 1.165) is 0 Å². The van der Waals surface area contributed by atoms with Gasteiger partial charge in [-0.1, -0.05) is 0 Å². The van der Waals surface area contributed by atoms with Crippen molar-refractivity contribution in [2.75, 3.05) is 13.3 Å². The van der Waals surface area contributed by atoms with Gasteiger partial charge in [0, 0.05) is 6.54 Å². The Morgan fingerprint density at radius 1 is 1.56 bits per heavy atom. The van der Waals surface area contributed by atoms with E-state index in [1.165, 1.54) is 0 Å². The Balaban J connectivity index is 2.15. The lowest BCUT2D eigenvalue weighted by Crippen LogP contribution is -2.25. The Kier molecular flexibility index (Phi) is 0.972. The highest BCUT2D eigenvalue weighted by atomic mass is 16.7. The maximum Gasteiger partial charge on any atom is 0.252 e. The van der Waals surface area contributed by atoms with Gasteiger partial charge < -0.3 is 14.8 Å². The third kappa shape index (κ3) is 0.635. The van der Waals surface area contributed by atoms with E-state index in [1.807, 2.05) is 0 Å². The number of nitrogens with one attached hydrogen (secondary N) is 1. The minimum Gasteiger partial charge on any atom is -0.351 e. The maximum atomic E-state index is 10.7. The summed E-state index contributed by atoms with van der Waals surface area (Å²) in [5, 5.41) is 2.63. The van der Waals surface area contributed by atoms with Crippen molar-refractivity contribution in [1.29, 1.82) is 0 Å².